The van der Waals surface area contributed by atoms with Crippen molar-refractivity contribution in [3.05, 3.63) is 34.9 Å². The van der Waals surface area contributed by atoms with E-state index in [4.69, 9.17) is 5.73 Å². The van der Waals surface area contributed by atoms with Crippen molar-refractivity contribution in [2.75, 3.05) is 0 Å². The first-order valence-corrected chi connectivity index (χ1v) is 6.10. The summed E-state index contributed by atoms with van der Waals surface area (Å²) in [7, 11) is 0. The van der Waals surface area contributed by atoms with Crippen LogP contribution in [0, 0.1) is 0 Å². The van der Waals surface area contributed by atoms with E-state index in [-0.39, 0.29) is 6.04 Å². The molecule has 1 aliphatic rings. The van der Waals surface area contributed by atoms with E-state index >= 15 is 0 Å². The lowest BCUT2D eigenvalue weighted by Gasteiger charge is -2.24. The Morgan fingerprint density at radius 1 is 1.47 bits per heavy atom. The maximum absolute atomic E-state index is 6.16. The zero-order valence-electron chi connectivity index (χ0n) is 9.79. The van der Waals surface area contributed by atoms with Gasteiger partial charge in [-0.15, -0.1) is 0 Å². The summed E-state index contributed by atoms with van der Waals surface area (Å²) in [5.74, 6) is 0.657. The molecule has 0 fully saturated rings. The normalized spacial score (nSPS) is 22.2. The van der Waals surface area contributed by atoms with Crippen molar-refractivity contribution < 1.29 is 0 Å². The summed E-state index contributed by atoms with van der Waals surface area (Å²) in [4.78, 5) is 0. The summed E-state index contributed by atoms with van der Waals surface area (Å²) in [5.41, 5.74) is 10.5. The minimum absolute atomic E-state index is 0.276. The van der Waals surface area contributed by atoms with Gasteiger partial charge in [0.05, 0.1) is 0 Å². The molecule has 82 valence electrons. The van der Waals surface area contributed by atoms with Crippen molar-refractivity contribution in [2.45, 2.75) is 51.5 Å². The maximum atomic E-state index is 6.16. The number of hydrogen-bond donors (Lipinski definition) is 1. The van der Waals surface area contributed by atoms with Crippen molar-refractivity contribution in [1.29, 1.82) is 0 Å². The third-order valence-corrected chi connectivity index (χ3v) is 3.71. The monoisotopic (exact) mass is 203 g/mol. The summed E-state index contributed by atoms with van der Waals surface area (Å²) in [6.07, 6.45) is 4.81. The second-order valence-electron chi connectivity index (χ2n) is 4.77. The Kier molecular flexibility index (Phi) is 3.11. The van der Waals surface area contributed by atoms with Gasteiger partial charge in [0.2, 0.25) is 0 Å². The van der Waals surface area contributed by atoms with E-state index in [1.807, 2.05) is 0 Å². The molecule has 0 heterocycles. The molecule has 1 heteroatoms. The van der Waals surface area contributed by atoms with Crippen LogP contribution in [0.4, 0.5) is 0 Å². The fourth-order valence-corrected chi connectivity index (χ4v) is 2.40. The second-order valence-corrected chi connectivity index (χ2v) is 4.77. The number of benzene rings is 1. The minimum atomic E-state index is 0.276. The zero-order valence-corrected chi connectivity index (χ0v) is 9.79. The molecule has 0 amide bonds. The largest absolute Gasteiger partial charge is 0.324 e. The van der Waals surface area contributed by atoms with Crippen molar-refractivity contribution in [1.82, 2.24) is 0 Å². The molecule has 0 bridgehead atoms. The highest BCUT2D eigenvalue weighted by atomic mass is 14.6. The molecule has 2 N–H and O–H groups in total. The van der Waals surface area contributed by atoms with Crippen LogP contribution >= 0.6 is 0 Å². The van der Waals surface area contributed by atoms with Gasteiger partial charge in [-0.05, 0) is 48.3 Å². The van der Waals surface area contributed by atoms with Gasteiger partial charge in [0.15, 0.2) is 0 Å². The highest BCUT2D eigenvalue weighted by Gasteiger charge is 2.17. The molecule has 0 saturated carbocycles. The van der Waals surface area contributed by atoms with Crippen LogP contribution in [0.5, 0.6) is 0 Å². The predicted octanol–water partition coefficient (Wildman–Crippen LogP) is 3.54. The third kappa shape index (κ3) is 2.07. The fraction of sp³-hybridized carbons (Fsp3) is 0.571. The summed E-state index contributed by atoms with van der Waals surface area (Å²) in [6, 6.07) is 7.19. The van der Waals surface area contributed by atoms with Crippen LogP contribution in [-0.4, -0.2) is 0 Å². The van der Waals surface area contributed by atoms with Crippen LogP contribution in [0.2, 0.25) is 0 Å². The number of aryl methyl sites for hydroxylation is 1. The van der Waals surface area contributed by atoms with Crippen molar-refractivity contribution in [3.8, 4) is 0 Å². The lowest BCUT2D eigenvalue weighted by molar-refractivity contribution is 0.568. The van der Waals surface area contributed by atoms with E-state index in [9.17, 15) is 0 Å². The van der Waals surface area contributed by atoms with Gasteiger partial charge in [-0.25, -0.2) is 0 Å². The number of hydrogen-bond acceptors (Lipinski definition) is 1. The van der Waals surface area contributed by atoms with Crippen molar-refractivity contribution in [3.63, 3.8) is 0 Å². The zero-order chi connectivity index (χ0) is 10.8. The maximum Gasteiger partial charge on any atom is 0.0297 e. The van der Waals surface area contributed by atoms with E-state index in [2.05, 4.69) is 32.0 Å². The first-order chi connectivity index (χ1) is 7.22. The lowest BCUT2D eigenvalue weighted by atomic mass is 9.85. The highest BCUT2D eigenvalue weighted by Crippen LogP contribution is 2.31. The average molecular weight is 203 g/mol. The van der Waals surface area contributed by atoms with Gasteiger partial charge in [-0.2, -0.15) is 0 Å². The molecule has 1 aromatic carbocycles. The van der Waals surface area contributed by atoms with Crippen molar-refractivity contribution >= 4 is 0 Å². The van der Waals surface area contributed by atoms with Gasteiger partial charge in [0, 0.05) is 6.04 Å². The van der Waals surface area contributed by atoms with Gasteiger partial charge >= 0.3 is 0 Å². The topological polar surface area (TPSA) is 26.0 Å². The Hall–Kier alpha value is -0.820. The summed E-state index contributed by atoms with van der Waals surface area (Å²) in [5, 5.41) is 0. The average Bonchev–Trinajstić information content (AvgIpc) is 2.28. The lowest BCUT2D eigenvalue weighted by Crippen LogP contribution is -2.17. The SMILES string of the molecule is CCC(C)c1ccc2c(c1)C(N)CCC2. The Labute approximate surface area is 92.7 Å². The number of nitrogens with two attached hydrogens (primary N) is 1. The van der Waals surface area contributed by atoms with E-state index in [1.165, 1.54) is 36.0 Å². The van der Waals surface area contributed by atoms with Gasteiger partial charge in [-0.1, -0.05) is 32.0 Å². The van der Waals surface area contributed by atoms with Gasteiger partial charge in [-0.3, -0.25) is 0 Å². The Morgan fingerprint density at radius 3 is 3.00 bits per heavy atom. The summed E-state index contributed by atoms with van der Waals surface area (Å²) in [6.45, 7) is 4.53. The third-order valence-electron chi connectivity index (χ3n) is 3.71. The molecule has 2 unspecified atom stereocenters. The molecule has 2 atom stereocenters. The molecule has 0 saturated heterocycles. The fourth-order valence-electron chi connectivity index (χ4n) is 2.40. The van der Waals surface area contributed by atoms with Crippen LogP contribution in [0.25, 0.3) is 0 Å². The molecule has 2 rings (SSSR count). The van der Waals surface area contributed by atoms with Crippen molar-refractivity contribution in [2.24, 2.45) is 5.73 Å². The van der Waals surface area contributed by atoms with Gasteiger partial charge in [0.25, 0.3) is 0 Å². The predicted molar refractivity (Wildman–Crippen MR) is 65.0 cm³/mol. The quantitative estimate of drug-likeness (QED) is 0.781. The number of fused-ring (bicyclic) bond motifs is 1. The van der Waals surface area contributed by atoms with Gasteiger partial charge < -0.3 is 5.73 Å². The molecule has 1 aromatic rings. The summed E-state index contributed by atoms with van der Waals surface area (Å²) < 4.78 is 0. The molecule has 0 aromatic heterocycles. The van der Waals surface area contributed by atoms with Crippen LogP contribution in [0.3, 0.4) is 0 Å². The van der Waals surface area contributed by atoms with E-state index in [0.29, 0.717) is 5.92 Å². The van der Waals surface area contributed by atoms with E-state index in [0.717, 1.165) is 6.42 Å². The van der Waals surface area contributed by atoms with Gasteiger partial charge in [0.1, 0.15) is 0 Å². The molecule has 0 spiro atoms. The highest BCUT2D eigenvalue weighted by molar-refractivity contribution is 5.37. The molecule has 0 radical (unpaired) electrons. The molecule has 1 nitrogen and oxygen atoms in total. The Bertz CT molecular complexity index is 343. The van der Waals surface area contributed by atoms with E-state index in [1.54, 1.807) is 0 Å². The first kappa shape index (κ1) is 10.7. The minimum Gasteiger partial charge on any atom is -0.324 e. The summed E-state index contributed by atoms with van der Waals surface area (Å²) >= 11 is 0. The molecule has 0 aliphatic heterocycles. The van der Waals surface area contributed by atoms with Crippen LogP contribution in [-0.2, 0) is 6.42 Å². The van der Waals surface area contributed by atoms with Crippen LogP contribution < -0.4 is 5.73 Å². The molecular weight excluding hydrogens is 182 g/mol. The number of rotatable bonds is 2. The van der Waals surface area contributed by atoms with Crippen LogP contribution in [0.1, 0.15) is 61.8 Å². The second kappa shape index (κ2) is 4.36. The molecular formula is C14H21N. The smallest absolute Gasteiger partial charge is 0.0297 e. The molecule has 1 aliphatic carbocycles. The Balaban J connectivity index is 2.35. The van der Waals surface area contributed by atoms with E-state index < -0.39 is 0 Å². The van der Waals surface area contributed by atoms with Crippen LogP contribution in [0.15, 0.2) is 18.2 Å². The standard InChI is InChI=1S/C14H21N/c1-3-10(2)12-8-7-11-5-4-6-14(15)13(11)9-12/h7-10,14H,3-6,15H2,1-2H3. The molecule has 15 heavy (non-hydrogen) atoms. The first-order valence-electron chi connectivity index (χ1n) is 6.10. The Morgan fingerprint density at radius 2 is 2.27 bits per heavy atom.